The van der Waals surface area contributed by atoms with E-state index in [9.17, 15) is 4.79 Å². The van der Waals surface area contributed by atoms with Crippen molar-refractivity contribution < 1.29 is 9.53 Å². The molecule has 1 atom stereocenters. The van der Waals surface area contributed by atoms with Gasteiger partial charge in [-0.3, -0.25) is 4.79 Å². The van der Waals surface area contributed by atoms with Crippen LogP contribution in [0.4, 0.5) is 0 Å². The number of amides is 1. The molecule has 0 saturated heterocycles. The Morgan fingerprint density at radius 2 is 2.00 bits per heavy atom. The molecule has 0 aromatic heterocycles. The van der Waals surface area contributed by atoms with Gasteiger partial charge in [-0.25, -0.2) is 0 Å². The van der Waals surface area contributed by atoms with Crippen LogP contribution in [0.2, 0.25) is 0 Å². The molecule has 0 spiro atoms. The number of ether oxygens (including phenoxy) is 1. The lowest BCUT2D eigenvalue weighted by molar-refractivity contribution is -0.144. The Bertz CT molecular complexity index is 159. The molecule has 0 aromatic rings. The fourth-order valence-corrected chi connectivity index (χ4v) is 1.33. The quantitative estimate of drug-likeness (QED) is 0.467. The maximum Gasteiger partial charge on any atom is 0.224 e. The predicted octanol–water partition coefficient (Wildman–Crippen LogP) is 2.41. The molecule has 0 radical (unpaired) electrons. The van der Waals surface area contributed by atoms with E-state index >= 15 is 0 Å². The first-order chi connectivity index (χ1) is 6.67. The molecule has 0 aromatic carbocycles. The van der Waals surface area contributed by atoms with Gasteiger partial charge in [-0.1, -0.05) is 20.3 Å². The summed E-state index contributed by atoms with van der Waals surface area (Å²) in [7, 11) is 0. The van der Waals surface area contributed by atoms with Gasteiger partial charge >= 0.3 is 0 Å². The van der Waals surface area contributed by atoms with Gasteiger partial charge in [0.25, 0.3) is 0 Å². The molecular weight excluding hydrogens is 178 g/mol. The zero-order valence-corrected chi connectivity index (χ0v) is 9.88. The van der Waals surface area contributed by atoms with Crippen LogP contribution in [0.3, 0.4) is 0 Å². The van der Waals surface area contributed by atoms with Crippen molar-refractivity contribution in [2.75, 3.05) is 13.2 Å². The van der Waals surface area contributed by atoms with E-state index in [2.05, 4.69) is 6.92 Å². The number of unbranched alkanes of at least 4 members (excludes halogenated alkanes) is 1. The van der Waals surface area contributed by atoms with E-state index in [1.165, 1.54) is 0 Å². The van der Waals surface area contributed by atoms with Crippen LogP contribution in [0, 0.1) is 0 Å². The van der Waals surface area contributed by atoms with Gasteiger partial charge in [-0.2, -0.15) is 0 Å². The summed E-state index contributed by atoms with van der Waals surface area (Å²) < 4.78 is 5.56. The van der Waals surface area contributed by atoms with Crippen molar-refractivity contribution in [3.05, 3.63) is 0 Å². The van der Waals surface area contributed by atoms with Gasteiger partial charge in [0, 0.05) is 19.6 Å². The second kappa shape index (κ2) is 7.80. The van der Waals surface area contributed by atoms with Gasteiger partial charge in [0.05, 0.1) is 0 Å². The Labute approximate surface area is 87.4 Å². The zero-order valence-electron chi connectivity index (χ0n) is 9.88. The monoisotopic (exact) mass is 201 g/mol. The van der Waals surface area contributed by atoms with E-state index < -0.39 is 0 Å². The van der Waals surface area contributed by atoms with Gasteiger partial charge < -0.3 is 9.64 Å². The first kappa shape index (κ1) is 13.4. The van der Waals surface area contributed by atoms with Crippen LogP contribution in [0.5, 0.6) is 0 Å². The number of nitrogens with zero attached hydrogens (tertiary/aromatic N) is 1. The summed E-state index contributed by atoms with van der Waals surface area (Å²) in [5, 5.41) is 0. The van der Waals surface area contributed by atoms with Crippen LogP contribution in [0.15, 0.2) is 0 Å². The van der Waals surface area contributed by atoms with Crippen molar-refractivity contribution in [1.82, 2.24) is 4.90 Å². The van der Waals surface area contributed by atoms with E-state index in [4.69, 9.17) is 4.74 Å². The minimum Gasteiger partial charge on any atom is -0.359 e. The molecule has 84 valence electrons. The maximum atomic E-state index is 11.5. The molecule has 0 N–H and O–H groups in total. The third kappa shape index (κ3) is 4.61. The third-order valence-electron chi connectivity index (χ3n) is 2.26. The topological polar surface area (TPSA) is 29.5 Å². The van der Waals surface area contributed by atoms with Crippen LogP contribution < -0.4 is 0 Å². The van der Waals surface area contributed by atoms with Crippen molar-refractivity contribution >= 4 is 5.91 Å². The molecule has 0 saturated carbocycles. The van der Waals surface area contributed by atoms with E-state index in [1.54, 1.807) is 4.90 Å². The lowest BCUT2D eigenvalue weighted by Crippen LogP contribution is -2.39. The molecule has 0 fully saturated rings. The summed E-state index contributed by atoms with van der Waals surface area (Å²) in [6.45, 7) is 9.39. The van der Waals surface area contributed by atoms with Gasteiger partial charge in [-0.05, 0) is 20.3 Å². The average molecular weight is 201 g/mol. The Morgan fingerprint density at radius 1 is 1.36 bits per heavy atom. The Morgan fingerprint density at radius 3 is 2.43 bits per heavy atom. The average Bonchev–Trinajstić information content (AvgIpc) is 2.19. The maximum absolute atomic E-state index is 11.5. The number of rotatable bonds is 7. The molecule has 14 heavy (non-hydrogen) atoms. The summed E-state index contributed by atoms with van der Waals surface area (Å²) in [4.78, 5) is 13.2. The van der Waals surface area contributed by atoms with Crippen LogP contribution >= 0.6 is 0 Å². The molecule has 0 aliphatic rings. The molecule has 0 bridgehead atoms. The minimum atomic E-state index is -0.0843. The predicted molar refractivity (Wildman–Crippen MR) is 58.0 cm³/mol. The summed E-state index contributed by atoms with van der Waals surface area (Å²) in [5.41, 5.74) is 0. The Balaban J connectivity index is 3.91. The Kier molecular flexibility index (Phi) is 7.48. The molecule has 3 heteroatoms. The molecule has 1 unspecified atom stereocenters. The summed E-state index contributed by atoms with van der Waals surface area (Å²) in [6.07, 6.45) is 2.65. The zero-order chi connectivity index (χ0) is 11.0. The fraction of sp³-hybridized carbons (Fsp3) is 0.909. The highest BCUT2D eigenvalue weighted by molar-refractivity contribution is 5.75. The van der Waals surface area contributed by atoms with Crippen LogP contribution in [0.25, 0.3) is 0 Å². The number of hydrogen-bond acceptors (Lipinski definition) is 2. The summed E-state index contributed by atoms with van der Waals surface area (Å²) >= 11 is 0. The summed E-state index contributed by atoms with van der Waals surface area (Å²) in [5.74, 6) is 0.163. The van der Waals surface area contributed by atoms with Crippen molar-refractivity contribution in [2.45, 2.75) is 53.2 Å². The smallest absolute Gasteiger partial charge is 0.224 e. The number of carbonyl (C=O) groups excluding carboxylic acids is 1. The highest BCUT2D eigenvalue weighted by atomic mass is 16.5. The van der Waals surface area contributed by atoms with Gasteiger partial charge in [0.15, 0.2) is 0 Å². The van der Waals surface area contributed by atoms with Crippen LogP contribution in [-0.4, -0.2) is 30.2 Å². The first-order valence-electron chi connectivity index (χ1n) is 5.58. The standard InChI is InChI=1S/C11H23NO2/c1-5-8-9-14-10(4)12(7-3)11(13)6-2/h10H,5-9H2,1-4H3. The van der Waals surface area contributed by atoms with Crippen molar-refractivity contribution in [2.24, 2.45) is 0 Å². The molecule has 0 heterocycles. The highest BCUT2D eigenvalue weighted by Crippen LogP contribution is 2.04. The second-order valence-electron chi connectivity index (χ2n) is 3.36. The molecule has 3 nitrogen and oxygen atoms in total. The van der Waals surface area contributed by atoms with Crippen LogP contribution in [-0.2, 0) is 9.53 Å². The van der Waals surface area contributed by atoms with E-state index in [-0.39, 0.29) is 12.1 Å². The minimum absolute atomic E-state index is 0.0843. The molecule has 0 aliphatic carbocycles. The molecule has 0 rings (SSSR count). The van der Waals surface area contributed by atoms with E-state index in [0.717, 1.165) is 26.0 Å². The molecule has 1 amide bonds. The molecular formula is C11H23NO2. The lowest BCUT2D eigenvalue weighted by atomic mass is 10.3. The Hall–Kier alpha value is -0.570. The highest BCUT2D eigenvalue weighted by Gasteiger charge is 2.16. The van der Waals surface area contributed by atoms with Crippen molar-refractivity contribution in [3.8, 4) is 0 Å². The lowest BCUT2D eigenvalue weighted by Gasteiger charge is -2.27. The third-order valence-corrected chi connectivity index (χ3v) is 2.26. The normalized spacial score (nSPS) is 12.6. The second-order valence-corrected chi connectivity index (χ2v) is 3.36. The van der Waals surface area contributed by atoms with Crippen molar-refractivity contribution in [3.63, 3.8) is 0 Å². The van der Waals surface area contributed by atoms with Crippen LogP contribution in [0.1, 0.15) is 47.0 Å². The fourth-order valence-electron chi connectivity index (χ4n) is 1.33. The van der Waals surface area contributed by atoms with Crippen molar-refractivity contribution in [1.29, 1.82) is 0 Å². The van der Waals surface area contributed by atoms with Gasteiger partial charge in [-0.15, -0.1) is 0 Å². The van der Waals surface area contributed by atoms with Gasteiger partial charge in [0.1, 0.15) is 6.23 Å². The largest absolute Gasteiger partial charge is 0.359 e. The van der Waals surface area contributed by atoms with Gasteiger partial charge in [0.2, 0.25) is 5.91 Å². The van der Waals surface area contributed by atoms with E-state index in [1.807, 2.05) is 20.8 Å². The number of hydrogen-bond donors (Lipinski definition) is 0. The molecule has 0 aliphatic heterocycles. The number of carbonyl (C=O) groups is 1. The van der Waals surface area contributed by atoms with E-state index in [0.29, 0.717) is 6.42 Å². The summed E-state index contributed by atoms with van der Waals surface area (Å²) in [6, 6.07) is 0. The first-order valence-corrected chi connectivity index (χ1v) is 5.58. The SMILES string of the molecule is CCCCOC(C)N(CC)C(=O)CC.